The van der Waals surface area contributed by atoms with Crippen LogP contribution in [0.4, 0.5) is 0 Å². The smallest absolute Gasteiger partial charge is 0.121 e. The van der Waals surface area contributed by atoms with Crippen LogP contribution in [0.3, 0.4) is 0 Å². The highest BCUT2D eigenvalue weighted by molar-refractivity contribution is 5.33. The van der Waals surface area contributed by atoms with Crippen LogP contribution in [0.5, 0.6) is 0 Å². The van der Waals surface area contributed by atoms with Gasteiger partial charge in [-0.3, -0.25) is 0 Å². The molecular formula is C19H25NO. The Bertz CT molecular complexity index is 587. The van der Waals surface area contributed by atoms with Crippen LogP contribution >= 0.6 is 0 Å². The highest BCUT2D eigenvalue weighted by Crippen LogP contribution is 2.37. The van der Waals surface area contributed by atoms with Crippen molar-refractivity contribution in [2.75, 3.05) is 6.54 Å². The molecule has 0 aliphatic heterocycles. The van der Waals surface area contributed by atoms with Crippen molar-refractivity contribution in [3.8, 4) is 0 Å². The molecule has 1 aromatic heterocycles. The summed E-state index contributed by atoms with van der Waals surface area (Å²) in [6.07, 6.45) is 4.95. The lowest BCUT2D eigenvalue weighted by Gasteiger charge is -2.28. The van der Waals surface area contributed by atoms with E-state index in [1.165, 1.54) is 19.3 Å². The third kappa shape index (κ3) is 3.21. The molecule has 0 spiro atoms. The van der Waals surface area contributed by atoms with Gasteiger partial charge in [-0.25, -0.2) is 0 Å². The van der Waals surface area contributed by atoms with Crippen LogP contribution in [0.1, 0.15) is 60.8 Å². The zero-order chi connectivity index (χ0) is 14.7. The summed E-state index contributed by atoms with van der Waals surface area (Å²) in [5, 5.41) is 3.60. The van der Waals surface area contributed by atoms with Crippen molar-refractivity contribution in [2.45, 2.75) is 51.5 Å². The fourth-order valence-corrected chi connectivity index (χ4v) is 3.57. The lowest BCUT2D eigenvalue weighted by molar-refractivity contribution is 0.358. The molecule has 2 aromatic rings. The summed E-state index contributed by atoms with van der Waals surface area (Å²) in [6, 6.07) is 13.5. The Labute approximate surface area is 127 Å². The van der Waals surface area contributed by atoms with Gasteiger partial charge in [0.15, 0.2) is 0 Å². The average molecular weight is 283 g/mol. The van der Waals surface area contributed by atoms with E-state index in [0.29, 0.717) is 12.0 Å². The van der Waals surface area contributed by atoms with E-state index in [1.807, 2.05) is 6.92 Å². The van der Waals surface area contributed by atoms with Gasteiger partial charge < -0.3 is 9.73 Å². The summed E-state index contributed by atoms with van der Waals surface area (Å²) in [5.74, 6) is 2.72. The topological polar surface area (TPSA) is 25.2 Å². The second kappa shape index (κ2) is 6.48. The predicted molar refractivity (Wildman–Crippen MR) is 86.6 cm³/mol. The summed E-state index contributed by atoms with van der Waals surface area (Å²) in [6.45, 7) is 5.15. The van der Waals surface area contributed by atoms with Crippen LogP contribution in [0.25, 0.3) is 0 Å². The largest absolute Gasteiger partial charge is 0.465 e. The van der Waals surface area contributed by atoms with Crippen LogP contribution in [0, 0.1) is 6.92 Å². The highest BCUT2D eigenvalue weighted by atomic mass is 16.3. The van der Waals surface area contributed by atoms with Crippen LogP contribution in [-0.4, -0.2) is 6.54 Å². The maximum atomic E-state index is 5.87. The molecule has 2 atom stereocenters. The molecule has 0 radical (unpaired) electrons. The van der Waals surface area contributed by atoms with E-state index in [4.69, 9.17) is 4.42 Å². The average Bonchev–Trinajstić information content (AvgIpc) is 2.94. The predicted octanol–water partition coefficient (Wildman–Crippen LogP) is 4.75. The number of benzene rings is 1. The number of hydrogen-bond donors (Lipinski definition) is 1. The summed E-state index contributed by atoms with van der Waals surface area (Å²) in [7, 11) is 0. The minimum Gasteiger partial charge on any atom is -0.465 e. The Morgan fingerprint density at radius 1 is 1.24 bits per heavy atom. The highest BCUT2D eigenvalue weighted by Gasteiger charge is 2.25. The van der Waals surface area contributed by atoms with Crippen molar-refractivity contribution in [1.29, 1.82) is 0 Å². The van der Waals surface area contributed by atoms with Crippen LogP contribution in [0.2, 0.25) is 0 Å². The van der Waals surface area contributed by atoms with E-state index >= 15 is 0 Å². The van der Waals surface area contributed by atoms with Crippen molar-refractivity contribution in [2.24, 2.45) is 0 Å². The molecule has 0 saturated carbocycles. The number of hydrogen-bond acceptors (Lipinski definition) is 2. The molecule has 3 rings (SSSR count). The number of fused-ring (bicyclic) bond motifs is 1. The zero-order valence-corrected chi connectivity index (χ0v) is 13.1. The van der Waals surface area contributed by atoms with Gasteiger partial charge in [0.25, 0.3) is 0 Å². The van der Waals surface area contributed by atoms with E-state index < -0.39 is 0 Å². The quantitative estimate of drug-likeness (QED) is 0.856. The summed E-state index contributed by atoms with van der Waals surface area (Å²) in [4.78, 5) is 0. The van der Waals surface area contributed by atoms with Crippen molar-refractivity contribution in [3.05, 3.63) is 59.0 Å². The van der Waals surface area contributed by atoms with Gasteiger partial charge in [0.2, 0.25) is 0 Å². The first-order chi connectivity index (χ1) is 10.3. The van der Waals surface area contributed by atoms with Crippen molar-refractivity contribution < 1.29 is 4.42 Å². The van der Waals surface area contributed by atoms with Gasteiger partial charge in [-0.15, -0.1) is 0 Å². The summed E-state index contributed by atoms with van der Waals surface area (Å²) >= 11 is 0. The van der Waals surface area contributed by atoms with E-state index in [0.717, 1.165) is 24.5 Å². The SMILES string of the molecule is CCNC(CC1CCCc2ccccc21)c1ccc(C)o1. The van der Waals surface area contributed by atoms with Gasteiger partial charge >= 0.3 is 0 Å². The first kappa shape index (κ1) is 14.4. The summed E-state index contributed by atoms with van der Waals surface area (Å²) < 4.78 is 5.87. The molecule has 1 N–H and O–H groups in total. The molecular weight excluding hydrogens is 258 g/mol. The minimum atomic E-state index is 0.319. The molecule has 0 bridgehead atoms. The molecule has 0 amide bonds. The van der Waals surface area contributed by atoms with E-state index in [9.17, 15) is 0 Å². The normalized spacial score (nSPS) is 19.2. The van der Waals surface area contributed by atoms with Crippen LogP contribution in [-0.2, 0) is 6.42 Å². The number of furan rings is 1. The van der Waals surface area contributed by atoms with Gasteiger partial charge in [-0.05, 0) is 68.3 Å². The fraction of sp³-hybridized carbons (Fsp3) is 0.474. The standard InChI is InChI=1S/C19H25NO/c1-3-20-18(19-12-11-14(2)21-19)13-16-9-6-8-15-7-4-5-10-17(15)16/h4-5,7,10-12,16,18,20H,3,6,8-9,13H2,1-2H3. The van der Waals surface area contributed by atoms with Gasteiger partial charge in [0.1, 0.15) is 11.5 Å². The Morgan fingerprint density at radius 2 is 2.10 bits per heavy atom. The minimum absolute atomic E-state index is 0.319. The van der Waals surface area contributed by atoms with Gasteiger partial charge in [-0.1, -0.05) is 31.2 Å². The molecule has 1 aliphatic rings. The van der Waals surface area contributed by atoms with Gasteiger partial charge in [-0.2, -0.15) is 0 Å². The first-order valence-electron chi connectivity index (χ1n) is 8.15. The second-order valence-corrected chi connectivity index (χ2v) is 6.08. The molecule has 2 unspecified atom stereocenters. The molecule has 2 heteroatoms. The lowest BCUT2D eigenvalue weighted by atomic mass is 9.79. The van der Waals surface area contributed by atoms with Crippen molar-refractivity contribution in [3.63, 3.8) is 0 Å². The number of rotatable bonds is 5. The van der Waals surface area contributed by atoms with Crippen LogP contribution in [0.15, 0.2) is 40.8 Å². The molecule has 1 aliphatic carbocycles. The first-order valence-corrected chi connectivity index (χ1v) is 8.15. The van der Waals surface area contributed by atoms with Gasteiger partial charge in [0, 0.05) is 0 Å². The number of nitrogens with one attached hydrogen (secondary N) is 1. The Balaban J connectivity index is 1.80. The molecule has 1 aromatic carbocycles. The van der Waals surface area contributed by atoms with Crippen LogP contribution < -0.4 is 5.32 Å². The van der Waals surface area contributed by atoms with E-state index in [-0.39, 0.29) is 0 Å². The fourth-order valence-electron chi connectivity index (χ4n) is 3.57. The maximum Gasteiger partial charge on any atom is 0.121 e. The molecule has 0 fully saturated rings. The van der Waals surface area contributed by atoms with Crippen molar-refractivity contribution >= 4 is 0 Å². The molecule has 0 saturated heterocycles. The molecule has 2 nitrogen and oxygen atoms in total. The second-order valence-electron chi connectivity index (χ2n) is 6.08. The third-order valence-corrected chi connectivity index (χ3v) is 4.57. The summed E-state index contributed by atoms with van der Waals surface area (Å²) in [5.41, 5.74) is 3.09. The molecule has 112 valence electrons. The van der Waals surface area contributed by atoms with E-state index in [1.54, 1.807) is 11.1 Å². The molecule has 21 heavy (non-hydrogen) atoms. The maximum absolute atomic E-state index is 5.87. The van der Waals surface area contributed by atoms with Crippen molar-refractivity contribution in [1.82, 2.24) is 5.32 Å². The third-order valence-electron chi connectivity index (χ3n) is 4.57. The molecule has 1 heterocycles. The Morgan fingerprint density at radius 3 is 2.86 bits per heavy atom. The van der Waals surface area contributed by atoms with Gasteiger partial charge in [0.05, 0.1) is 6.04 Å². The zero-order valence-electron chi connectivity index (χ0n) is 13.1. The monoisotopic (exact) mass is 283 g/mol. The lowest BCUT2D eigenvalue weighted by Crippen LogP contribution is -2.24. The number of aryl methyl sites for hydroxylation is 2. The Kier molecular flexibility index (Phi) is 4.45. The van der Waals surface area contributed by atoms with E-state index in [2.05, 4.69) is 48.6 Å². The Hall–Kier alpha value is -1.54.